The van der Waals surface area contributed by atoms with E-state index in [9.17, 15) is 31.1 Å². The van der Waals surface area contributed by atoms with Crippen LogP contribution in [0.15, 0.2) is 46.7 Å². The number of carbonyl (C=O) groups is 1. The number of nitrogens with one attached hydrogen (secondary N) is 1. The van der Waals surface area contributed by atoms with Crippen LogP contribution >= 0.6 is 23.2 Å². The van der Waals surface area contributed by atoms with Crippen LogP contribution < -0.4 is 5.32 Å². The van der Waals surface area contributed by atoms with Crippen molar-refractivity contribution in [3.05, 3.63) is 68.7 Å². The molecule has 204 valence electrons. The Morgan fingerprint density at radius 3 is 2.39 bits per heavy atom. The number of aryl methyl sites for hydroxylation is 1. The van der Waals surface area contributed by atoms with Gasteiger partial charge in [-0.15, -0.1) is 0 Å². The van der Waals surface area contributed by atoms with Crippen LogP contribution in [-0.4, -0.2) is 42.7 Å². The molecule has 0 fully saturated rings. The number of carbonyl (C=O) groups excluding carboxylic acids is 1. The zero-order valence-corrected chi connectivity index (χ0v) is 20.7. The van der Waals surface area contributed by atoms with Crippen molar-refractivity contribution in [1.29, 1.82) is 0 Å². The van der Waals surface area contributed by atoms with E-state index in [1.54, 1.807) is 6.92 Å². The van der Waals surface area contributed by atoms with Crippen molar-refractivity contribution < 1.29 is 45.5 Å². The van der Waals surface area contributed by atoms with Crippen LogP contribution in [0.5, 0.6) is 0 Å². The molecule has 1 unspecified atom stereocenters. The molecular weight excluding hydrogens is 567 g/mol. The first kappa shape index (κ1) is 27.8. The molecular formula is C23H17Cl2F6N3O4. The average Bonchev–Trinajstić information content (AvgIpc) is 3.44. The summed E-state index contributed by atoms with van der Waals surface area (Å²) >= 11 is 11.8. The monoisotopic (exact) mass is 583 g/mol. The van der Waals surface area contributed by atoms with E-state index in [2.05, 4.69) is 20.4 Å². The van der Waals surface area contributed by atoms with Gasteiger partial charge in [-0.05, 0) is 53.5 Å². The number of nitrogens with zero attached hydrogens (tertiary/aromatic N) is 2. The third kappa shape index (κ3) is 5.93. The van der Waals surface area contributed by atoms with E-state index in [0.717, 1.165) is 12.1 Å². The standard InChI is InChI=1S/C23H17Cl2F6N3O4/c1-11-4-12(2-3-16(11)20(35)32-18-8-19(34-37-18)36-10-22(26,27)28)17-9-21(38-33-17,23(29,30)31)13-5-14(24)7-15(25)6-13/h2-7,18H,8-10H2,1H3,(H,32,35)/t18?,21-/m0/s1. The lowest BCUT2D eigenvalue weighted by Gasteiger charge is -2.29. The molecule has 2 aliphatic heterocycles. The lowest BCUT2D eigenvalue weighted by molar-refractivity contribution is -0.275. The van der Waals surface area contributed by atoms with E-state index in [0.29, 0.717) is 5.56 Å². The predicted octanol–water partition coefficient (Wildman–Crippen LogP) is 6.25. The van der Waals surface area contributed by atoms with Gasteiger partial charge in [-0.25, -0.2) is 0 Å². The number of benzene rings is 2. The van der Waals surface area contributed by atoms with Gasteiger partial charge in [-0.1, -0.05) is 34.4 Å². The molecule has 1 amide bonds. The first-order valence-corrected chi connectivity index (χ1v) is 11.5. The number of rotatable bonds is 5. The quantitative estimate of drug-likeness (QED) is 0.422. The topological polar surface area (TPSA) is 81.5 Å². The van der Waals surface area contributed by atoms with Crippen LogP contribution in [0.1, 0.15) is 39.9 Å². The minimum Gasteiger partial charge on any atom is -0.469 e. The highest BCUT2D eigenvalue weighted by atomic mass is 35.5. The Labute approximate surface area is 221 Å². The maximum Gasteiger partial charge on any atom is 0.435 e. The van der Waals surface area contributed by atoms with Crippen molar-refractivity contribution in [1.82, 2.24) is 5.32 Å². The molecule has 1 N–H and O–H groups in total. The molecule has 15 heteroatoms. The summed E-state index contributed by atoms with van der Waals surface area (Å²) < 4.78 is 83.9. The third-order valence-corrected chi connectivity index (χ3v) is 6.09. The van der Waals surface area contributed by atoms with E-state index >= 15 is 0 Å². The van der Waals surface area contributed by atoms with Crippen molar-refractivity contribution in [2.24, 2.45) is 10.3 Å². The highest BCUT2D eigenvalue weighted by Crippen LogP contribution is 2.49. The average molecular weight is 584 g/mol. The van der Waals surface area contributed by atoms with Crippen molar-refractivity contribution in [2.75, 3.05) is 6.61 Å². The zero-order valence-electron chi connectivity index (χ0n) is 19.2. The summed E-state index contributed by atoms with van der Waals surface area (Å²) in [6, 6.07) is 7.71. The highest BCUT2D eigenvalue weighted by molar-refractivity contribution is 6.34. The van der Waals surface area contributed by atoms with Gasteiger partial charge in [0.1, 0.15) is 0 Å². The fourth-order valence-electron chi connectivity index (χ4n) is 3.85. The SMILES string of the molecule is Cc1cc(C2=NO[C@@](c3cc(Cl)cc(Cl)c3)(C(F)(F)F)C2)ccc1C(=O)NC1CC(OCC(F)(F)F)=NO1. The van der Waals surface area contributed by atoms with Crippen LogP contribution in [-0.2, 0) is 20.0 Å². The summed E-state index contributed by atoms with van der Waals surface area (Å²) in [7, 11) is 0. The maximum atomic E-state index is 14.2. The summed E-state index contributed by atoms with van der Waals surface area (Å²) in [5, 5.41) is 9.49. The van der Waals surface area contributed by atoms with Gasteiger partial charge in [0, 0.05) is 27.6 Å². The second-order valence-corrected chi connectivity index (χ2v) is 9.35. The molecule has 2 atom stereocenters. The van der Waals surface area contributed by atoms with E-state index in [-0.39, 0.29) is 44.8 Å². The van der Waals surface area contributed by atoms with Gasteiger partial charge in [0.25, 0.3) is 11.5 Å². The molecule has 38 heavy (non-hydrogen) atoms. The zero-order chi connectivity index (χ0) is 27.9. The Morgan fingerprint density at radius 2 is 1.79 bits per heavy atom. The molecule has 7 nitrogen and oxygen atoms in total. The van der Waals surface area contributed by atoms with E-state index in [4.69, 9.17) is 32.9 Å². The summed E-state index contributed by atoms with van der Waals surface area (Å²) in [6.45, 7) is -0.00356. The molecule has 0 bridgehead atoms. The molecule has 2 aliphatic rings. The van der Waals surface area contributed by atoms with Crippen LogP contribution in [0.2, 0.25) is 10.0 Å². The second-order valence-electron chi connectivity index (χ2n) is 8.48. The normalized spacial score (nSPS) is 21.3. The van der Waals surface area contributed by atoms with Crippen molar-refractivity contribution >= 4 is 40.7 Å². The number of ether oxygens (including phenoxy) is 1. The molecule has 0 aliphatic carbocycles. The number of oxime groups is 2. The van der Waals surface area contributed by atoms with Gasteiger partial charge >= 0.3 is 12.4 Å². The van der Waals surface area contributed by atoms with Crippen LogP contribution in [0.4, 0.5) is 26.3 Å². The van der Waals surface area contributed by atoms with Gasteiger partial charge in [0.2, 0.25) is 12.1 Å². The molecule has 0 radical (unpaired) electrons. The third-order valence-electron chi connectivity index (χ3n) is 5.66. The van der Waals surface area contributed by atoms with Crippen LogP contribution in [0, 0.1) is 6.92 Å². The Kier molecular flexibility index (Phi) is 7.45. The number of hydrogen-bond donors (Lipinski definition) is 1. The van der Waals surface area contributed by atoms with Gasteiger partial charge in [0.15, 0.2) is 6.61 Å². The number of hydrogen-bond acceptors (Lipinski definition) is 6. The fraction of sp³-hybridized carbons (Fsp3) is 0.348. The maximum absolute atomic E-state index is 14.2. The van der Waals surface area contributed by atoms with Crippen molar-refractivity contribution in [2.45, 2.75) is 43.9 Å². The van der Waals surface area contributed by atoms with Gasteiger partial charge in [0.05, 0.1) is 12.1 Å². The fourth-order valence-corrected chi connectivity index (χ4v) is 4.38. The molecule has 0 spiro atoms. The summed E-state index contributed by atoms with van der Waals surface area (Å²) in [6.07, 6.45) is -11.4. The Hall–Kier alpha value is -3.19. The van der Waals surface area contributed by atoms with E-state index < -0.39 is 43.1 Å². The van der Waals surface area contributed by atoms with Gasteiger partial charge < -0.3 is 19.7 Å². The predicted molar refractivity (Wildman–Crippen MR) is 124 cm³/mol. The number of amides is 1. The largest absolute Gasteiger partial charge is 0.469 e. The first-order chi connectivity index (χ1) is 17.7. The number of alkyl halides is 6. The summed E-state index contributed by atoms with van der Waals surface area (Å²) in [5.41, 5.74) is -2.34. The minimum atomic E-state index is -4.87. The number of halogens is 8. The molecule has 2 aromatic rings. The lowest BCUT2D eigenvalue weighted by atomic mass is 9.86. The Balaban J connectivity index is 1.46. The lowest BCUT2D eigenvalue weighted by Crippen LogP contribution is -2.42. The van der Waals surface area contributed by atoms with Gasteiger partial charge in [-0.2, -0.15) is 26.3 Å². The molecule has 0 saturated carbocycles. The molecule has 4 rings (SSSR count). The molecule has 2 heterocycles. The van der Waals surface area contributed by atoms with Crippen LogP contribution in [0.25, 0.3) is 0 Å². The molecule has 0 aromatic heterocycles. The van der Waals surface area contributed by atoms with Crippen molar-refractivity contribution in [3.63, 3.8) is 0 Å². The highest BCUT2D eigenvalue weighted by Gasteiger charge is 2.62. The smallest absolute Gasteiger partial charge is 0.435 e. The Morgan fingerprint density at radius 1 is 1.11 bits per heavy atom. The molecule has 2 aromatic carbocycles. The second kappa shape index (κ2) is 10.2. The molecule has 0 saturated heterocycles. The van der Waals surface area contributed by atoms with Crippen molar-refractivity contribution in [3.8, 4) is 0 Å². The van der Waals surface area contributed by atoms with Gasteiger partial charge in [-0.3, -0.25) is 4.79 Å². The Bertz CT molecular complexity index is 1290. The first-order valence-electron chi connectivity index (χ1n) is 10.8. The van der Waals surface area contributed by atoms with E-state index in [1.807, 2.05) is 0 Å². The van der Waals surface area contributed by atoms with Crippen LogP contribution in [0.3, 0.4) is 0 Å². The van der Waals surface area contributed by atoms with E-state index in [1.165, 1.54) is 24.3 Å². The summed E-state index contributed by atoms with van der Waals surface area (Å²) in [5.74, 6) is -0.970. The summed E-state index contributed by atoms with van der Waals surface area (Å²) in [4.78, 5) is 22.5. The minimum absolute atomic E-state index is 0.00457.